The van der Waals surface area contributed by atoms with E-state index in [9.17, 15) is 9.59 Å². The van der Waals surface area contributed by atoms with E-state index >= 15 is 0 Å². The van der Waals surface area contributed by atoms with Crippen LogP contribution in [0.1, 0.15) is 0 Å². The molecule has 1 aliphatic rings. The molecule has 0 radical (unpaired) electrons. The third-order valence-electron chi connectivity index (χ3n) is 1.39. The molecule has 0 saturated heterocycles. The van der Waals surface area contributed by atoms with E-state index in [1.807, 2.05) is 18.2 Å². The van der Waals surface area contributed by atoms with Crippen molar-refractivity contribution >= 4 is 11.6 Å². The van der Waals surface area contributed by atoms with Gasteiger partial charge in [-0.15, -0.1) is 0 Å². The Labute approximate surface area is 81.8 Å². The van der Waals surface area contributed by atoms with E-state index in [4.69, 9.17) is 0 Å². The van der Waals surface area contributed by atoms with Crippen LogP contribution in [-0.2, 0) is 9.59 Å². The number of nitrogens with zero attached hydrogens (tertiary/aromatic N) is 1. The average Bonchev–Trinajstić information content (AvgIpc) is 2.26. The third-order valence-corrected chi connectivity index (χ3v) is 1.39. The number of rotatable bonds is 0. The van der Waals surface area contributed by atoms with Crippen molar-refractivity contribution in [2.45, 2.75) is 0 Å². The summed E-state index contributed by atoms with van der Waals surface area (Å²) in [5.74, 6) is -0.241. The van der Waals surface area contributed by atoms with Crippen LogP contribution in [0.15, 0.2) is 54.9 Å². The Morgan fingerprint density at radius 1 is 0.714 bits per heavy atom. The van der Waals surface area contributed by atoms with E-state index < -0.39 is 0 Å². The molecule has 0 N–H and O–H groups in total. The van der Waals surface area contributed by atoms with Crippen molar-refractivity contribution in [3.05, 3.63) is 54.9 Å². The van der Waals surface area contributed by atoms with Crippen molar-refractivity contribution in [1.29, 1.82) is 0 Å². The molecule has 1 heterocycles. The van der Waals surface area contributed by atoms with E-state index in [2.05, 4.69) is 4.98 Å². The first-order chi connectivity index (χ1) is 6.79. The van der Waals surface area contributed by atoms with Gasteiger partial charge in [0, 0.05) is 12.4 Å². The fraction of sp³-hybridized carbons (Fsp3) is 0. The highest BCUT2D eigenvalue weighted by molar-refractivity contribution is 6.14. The summed E-state index contributed by atoms with van der Waals surface area (Å²) in [6.07, 6.45) is 8.51. The van der Waals surface area contributed by atoms with Gasteiger partial charge in [0.15, 0.2) is 11.6 Å². The van der Waals surface area contributed by atoms with Crippen molar-refractivity contribution in [3.8, 4) is 0 Å². The van der Waals surface area contributed by atoms with Crippen LogP contribution >= 0.6 is 0 Å². The highest BCUT2D eigenvalue weighted by atomic mass is 16.1. The van der Waals surface area contributed by atoms with Gasteiger partial charge in [-0.25, -0.2) is 0 Å². The van der Waals surface area contributed by atoms with Gasteiger partial charge < -0.3 is 0 Å². The van der Waals surface area contributed by atoms with Gasteiger partial charge in [-0.3, -0.25) is 14.6 Å². The summed E-state index contributed by atoms with van der Waals surface area (Å²) in [7, 11) is 0. The zero-order chi connectivity index (χ0) is 10.2. The van der Waals surface area contributed by atoms with Gasteiger partial charge >= 0.3 is 0 Å². The number of ketones is 2. The standard InChI is InChI=1S/C6H4O2.C5H5N/c7-5-1-2-6(8)4-3-5;1-2-4-6-5-3-1/h1-4H;1-5H. The lowest BCUT2D eigenvalue weighted by atomic mass is 10.2. The van der Waals surface area contributed by atoms with Gasteiger partial charge in [0.2, 0.25) is 0 Å². The molecule has 2 rings (SSSR count). The maximum atomic E-state index is 10.3. The highest BCUT2D eigenvalue weighted by Gasteiger charge is 1.97. The largest absolute Gasteiger partial charge is 0.290 e. The summed E-state index contributed by atoms with van der Waals surface area (Å²) in [4.78, 5) is 24.4. The summed E-state index contributed by atoms with van der Waals surface area (Å²) in [5, 5.41) is 0. The minimum Gasteiger partial charge on any atom is -0.290 e. The number of hydrogen-bond donors (Lipinski definition) is 0. The summed E-state index contributed by atoms with van der Waals surface area (Å²) >= 11 is 0. The Morgan fingerprint density at radius 3 is 1.36 bits per heavy atom. The molecule has 0 aromatic carbocycles. The lowest BCUT2D eigenvalue weighted by Crippen LogP contribution is -1.97. The predicted octanol–water partition coefficient (Wildman–Crippen LogP) is 1.33. The molecular formula is C11H9NO2. The molecule has 0 amide bonds. The topological polar surface area (TPSA) is 47.0 Å². The molecule has 0 atom stereocenters. The van der Waals surface area contributed by atoms with Gasteiger partial charge in [-0.2, -0.15) is 0 Å². The van der Waals surface area contributed by atoms with E-state index in [1.165, 1.54) is 24.3 Å². The third kappa shape index (κ3) is 4.11. The molecule has 0 fully saturated rings. The molecule has 0 bridgehead atoms. The van der Waals surface area contributed by atoms with Crippen LogP contribution in [0.25, 0.3) is 0 Å². The van der Waals surface area contributed by atoms with Crippen molar-refractivity contribution in [1.82, 2.24) is 4.98 Å². The fourth-order valence-electron chi connectivity index (χ4n) is 0.752. The van der Waals surface area contributed by atoms with Crippen molar-refractivity contribution < 1.29 is 9.59 Å². The Morgan fingerprint density at radius 2 is 1.14 bits per heavy atom. The first kappa shape index (κ1) is 10.1. The molecule has 70 valence electrons. The maximum Gasteiger partial charge on any atom is 0.178 e. The highest BCUT2D eigenvalue weighted by Crippen LogP contribution is 1.90. The molecule has 1 aromatic heterocycles. The number of pyridine rings is 1. The lowest BCUT2D eigenvalue weighted by Gasteiger charge is -1.87. The van der Waals surface area contributed by atoms with E-state index in [0.29, 0.717) is 0 Å². The van der Waals surface area contributed by atoms with Gasteiger partial charge in [0.1, 0.15) is 0 Å². The monoisotopic (exact) mass is 187 g/mol. The van der Waals surface area contributed by atoms with Crippen molar-refractivity contribution in [2.75, 3.05) is 0 Å². The van der Waals surface area contributed by atoms with Crippen LogP contribution < -0.4 is 0 Å². The molecule has 0 saturated carbocycles. The van der Waals surface area contributed by atoms with Gasteiger partial charge in [0.25, 0.3) is 0 Å². The van der Waals surface area contributed by atoms with Gasteiger partial charge in [-0.1, -0.05) is 6.07 Å². The Balaban J connectivity index is 0.000000146. The van der Waals surface area contributed by atoms with Crippen LogP contribution in [0.2, 0.25) is 0 Å². The summed E-state index contributed by atoms with van der Waals surface area (Å²) in [6.45, 7) is 0. The molecule has 3 nitrogen and oxygen atoms in total. The van der Waals surface area contributed by atoms with Crippen LogP contribution in [-0.4, -0.2) is 16.6 Å². The van der Waals surface area contributed by atoms with Crippen molar-refractivity contribution in [3.63, 3.8) is 0 Å². The summed E-state index contributed by atoms with van der Waals surface area (Å²) in [5.41, 5.74) is 0. The second-order valence-corrected chi connectivity index (χ2v) is 2.50. The fourth-order valence-corrected chi connectivity index (χ4v) is 0.752. The summed E-state index contributed by atoms with van der Waals surface area (Å²) in [6, 6.07) is 5.72. The molecule has 0 unspecified atom stereocenters. The van der Waals surface area contributed by atoms with Gasteiger partial charge in [-0.05, 0) is 36.4 Å². The molecule has 14 heavy (non-hydrogen) atoms. The number of allylic oxidation sites excluding steroid dienone is 4. The summed E-state index contributed by atoms with van der Waals surface area (Å²) < 4.78 is 0. The van der Waals surface area contributed by atoms with E-state index in [1.54, 1.807) is 12.4 Å². The van der Waals surface area contributed by atoms with Crippen LogP contribution in [0.4, 0.5) is 0 Å². The van der Waals surface area contributed by atoms with Crippen LogP contribution in [0.5, 0.6) is 0 Å². The first-order valence-corrected chi connectivity index (χ1v) is 4.08. The van der Waals surface area contributed by atoms with E-state index in [0.717, 1.165) is 0 Å². The molecule has 1 aromatic rings. The minimum absolute atomic E-state index is 0.121. The quantitative estimate of drug-likeness (QED) is 0.576. The number of aromatic nitrogens is 1. The average molecular weight is 187 g/mol. The normalized spacial score (nSPS) is 13.4. The predicted molar refractivity (Wildman–Crippen MR) is 52.5 cm³/mol. The Kier molecular flexibility index (Phi) is 4.01. The zero-order valence-electron chi connectivity index (χ0n) is 7.46. The first-order valence-electron chi connectivity index (χ1n) is 4.08. The van der Waals surface area contributed by atoms with Gasteiger partial charge in [0.05, 0.1) is 0 Å². The second kappa shape index (κ2) is 5.59. The minimum atomic E-state index is -0.121. The SMILES string of the molecule is O=C1C=CC(=O)C=C1.c1ccncc1. The molecular weight excluding hydrogens is 178 g/mol. The lowest BCUT2D eigenvalue weighted by molar-refractivity contribution is -0.113. The van der Waals surface area contributed by atoms with Crippen LogP contribution in [0, 0.1) is 0 Å². The molecule has 0 aliphatic heterocycles. The smallest absolute Gasteiger partial charge is 0.178 e. The molecule has 3 heteroatoms. The zero-order valence-corrected chi connectivity index (χ0v) is 7.46. The Hall–Kier alpha value is -2.03. The molecule has 1 aliphatic carbocycles. The number of carbonyl (C=O) groups is 2. The van der Waals surface area contributed by atoms with Crippen LogP contribution in [0.3, 0.4) is 0 Å². The van der Waals surface area contributed by atoms with Crippen molar-refractivity contribution in [2.24, 2.45) is 0 Å². The Bertz CT molecular complexity index is 301. The molecule has 0 spiro atoms. The van der Waals surface area contributed by atoms with E-state index in [-0.39, 0.29) is 11.6 Å². The number of hydrogen-bond acceptors (Lipinski definition) is 3. The maximum absolute atomic E-state index is 10.3. The number of carbonyl (C=O) groups excluding carboxylic acids is 2. The second-order valence-electron chi connectivity index (χ2n) is 2.50.